The van der Waals surface area contributed by atoms with Gasteiger partial charge in [0.05, 0.1) is 32.4 Å². The van der Waals surface area contributed by atoms with Crippen molar-refractivity contribution < 1.29 is 31.8 Å². The van der Waals surface area contributed by atoms with E-state index >= 15 is 0 Å². The van der Waals surface area contributed by atoms with Gasteiger partial charge in [0.25, 0.3) is 10.0 Å². The van der Waals surface area contributed by atoms with E-state index in [9.17, 15) is 17.6 Å². The van der Waals surface area contributed by atoms with Crippen LogP contribution in [0.5, 0.6) is 17.2 Å². The third-order valence-electron chi connectivity index (χ3n) is 5.24. The van der Waals surface area contributed by atoms with Gasteiger partial charge in [-0.15, -0.1) is 0 Å². The second-order valence-corrected chi connectivity index (χ2v) is 9.13. The fourth-order valence-corrected chi connectivity index (χ4v) is 4.85. The number of nitrogens with zero attached hydrogens (tertiary/aromatic N) is 2. The number of aromatic nitrogens is 2. The van der Waals surface area contributed by atoms with Crippen LogP contribution in [0, 0.1) is 5.82 Å². The lowest BCUT2D eigenvalue weighted by molar-refractivity contribution is 0.103. The molecule has 3 aromatic carbocycles. The minimum absolute atomic E-state index is 0.00636. The molecule has 0 bridgehead atoms. The van der Waals surface area contributed by atoms with Crippen LogP contribution in [0.3, 0.4) is 0 Å². The second kappa shape index (κ2) is 9.59. The number of carbonyl (C=O) groups is 1. The van der Waals surface area contributed by atoms with E-state index < -0.39 is 21.6 Å². The number of hydrogen-bond acceptors (Lipinski definition) is 7. The van der Waals surface area contributed by atoms with Gasteiger partial charge in [0.2, 0.25) is 11.5 Å². The number of halogens is 1. The van der Waals surface area contributed by atoms with E-state index in [1.807, 2.05) is 0 Å². The monoisotopic (exact) mass is 496 g/mol. The summed E-state index contributed by atoms with van der Waals surface area (Å²) in [5.74, 6) is -0.249. The molecule has 0 fully saturated rings. The summed E-state index contributed by atoms with van der Waals surface area (Å²) in [4.78, 5) is 17.5. The predicted molar refractivity (Wildman–Crippen MR) is 126 cm³/mol. The first-order valence-corrected chi connectivity index (χ1v) is 11.7. The molecule has 0 saturated heterocycles. The summed E-state index contributed by atoms with van der Waals surface area (Å²) in [6.45, 7) is 0. The number of carbonyl (C=O) groups excluding carboxylic acids is 1. The molecule has 0 atom stereocenters. The summed E-state index contributed by atoms with van der Waals surface area (Å²) < 4.78 is 57.5. The standard InChI is InChI=1S/C25H21FN2O6S/c1-32-21-13-17(14-22(33-2)24(21)34-3)25-27-20(23(29)16-9-11-18(26)12-10-16)15-28(25)35(30,31)19-7-5-4-6-8-19/h4-15H,1-3H3. The molecule has 1 aromatic heterocycles. The number of hydrogen-bond donors (Lipinski definition) is 0. The molecule has 10 heteroatoms. The Morgan fingerprint density at radius 1 is 0.886 bits per heavy atom. The van der Waals surface area contributed by atoms with Crippen molar-refractivity contribution in [1.29, 1.82) is 0 Å². The lowest BCUT2D eigenvalue weighted by Gasteiger charge is -2.15. The second-order valence-electron chi connectivity index (χ2n) is 7.31. The van der Waals surface area contributed by atoms with Gasteiger partial charge in [0.15, 0.2) is 17.3 Å². The molecule has 0 aliphatic rings. The summed E-state index contributed by atoms with van der Waals surface area (Å²) in [6.07, 6.45) is 1.15. The van der Waals surface area contributed by atoms with Crippen molar-refractivity contribution in [2.24, 2.45) is 0 Å². The Bertz CT molecular complexity index is 1460. The van der Waals surface area contributed by atoms with Crippen LogP contribution in [0.1, 0.15) is 16.1 Å². The summed E-state index contributed by atoms with van der Waals surface area (Å²) in [6, 6.07) is 15.7. The van der Waals surface area contributed by atoms with Crippen molar-refractivity contribution in [1.82, 2.24) is 8.96 Å². The number of imidazole rings is 1. The van der Waals surface area contributed by atoms with Gasteiger partial charge < -0.3 is 14.2 Å². The molecule has 35 heavy (non-hydrogen) atoms. The van der Waals surface area contributed by atoms with Crippen molar-refractivity contribution >= 4 is 15.8 Å². The first-order valence-electron chi connectivity index (χ1n) is 10.3. The molecule has 0 N–H and O–H groups in total. The minimum atomic E-state index is -4.15. The van der Waals surface area contributed by atoms with Crippen LogP contribution in [0.2, 0.25) is 0 Å². The highest BCUT2D eigenvalue weighted by Crippen LogP contribution is 2.41. The topological polar surface area (TPSA) is 96.7 Å². The smallest absolute Gasteiger partial charge is 0.269 e. The van der Waals surface area contributed by atoms with Gasteiger partial charge in [-0.2, -0.15) is 0 Å². The minimum Gasteiger partial charge on any atom is -0.493 e. The van der Waals surface area contributed by atoms with Crippen molar-refractivity contribution in [2.75, 3.05) is 21.3 Å². The van der Waals surface area contributed by atoms with Crippen LogP contribution in [0.4, 0.5) is 4.39 Å². The Kier molecular flexibility index (Phi) is 6.57. The van der Waals surface area contributed by atoms with Crippen molar-refractivity contribution in [3.05, 3.63) is 90.0 Å². The third-order valence-corrected chi connectivity index (χ3v) is 6.90. The highest BCUT2D eigenvalue weighted by atomic mass is 32.2. The molecule has 0 saturated carbocycles. The van der Waals surface area contributed by atoms with Crippen LogP contribution in [-0.2, 0) is 10.0 Å². The molecule has 0 amide bonds. The Morgan fingerprint density at radius 3 is 2.03 bits per heavy atom. The zero-order valence-corrected chi connectivity index (χ0v) is 19.9. The molecular formula is C25H21FN2O6S. The molecule has 8 nitrogen and oxygen atoms in total. The molecule has 0 aliphatic carbocycles. The van der Waals surface area contributed by atoms with Gasteiger partial charge in [0.1, 0.15) is 11.5 Å². The number of rotatable bonds is 8. The van der Waals surface area contributed by atoms with E-state index in [0.29, 0.717) is 11.3 Å². The summed E-state index contributed by atoms with van der Waals surface area (Å²) >= 11 is 0. The van der Waals surface area contributed by atoms with Gasteiger partial charge in [-0.3, -0.25) is 4.79 Å². The maximum Gasteiger partial charge on any atom is 0.269 e. The molecule has 180 valence electrons. The largest absolute Gasteiger partial charge is 0.493 e. The quantitative estimate of drug-likeness (QED) is 0.338. The number of benzene rings is 3. The SMILES string of the molecule is COc1cc(-c2nc(C(=O)c3ccc(F)cc3)cn2S(=O)(=O)c2ccccc2)cc(OC)c1OC. The van der Waals surface area contributed by atoms with E-state index in [2.05, 4.69) is 4.98 Å². The van der Waals surface area contributed by atoms with Gasteiger partial charge >= 0.3 is 0 Å². The average molecular weight is 497 g/mol. The highest BCUT2D eigenvalue weighted by molar-refractivity contribution is 7.90. The van der Waals surface area contributed by atoms with Crippen molar-refractivity contribution in [2.45, 2.75) is 4.90 Å². The predicted octanol–water partition coefficient (Wildman–Crippen LogP) is 4.18. The highest BCUT2D eigenvalue weighted by Gasteiger charge is 2.27. The Labute approximate surface area is 201 Å². The molecule has 0 radical (unpaired) electrons. The Hall–Kier alpha value is -4.18. The zero-order valence-electron chi connectivity index (χ0n) is 19.1. The number of ketones is 1. The Morgan fingerprint density at radius 2 is 1.49 bits per heavy atom. The summed E-state index contributed by atoms with van der Waals surface area (Å²) in [5, 5.41) is 0. The van der Waals surface area contributed by atoms with Crippen molar-refractivity contribution in [3.63, 3.8) is 0 Å². The molecule has 4 aromatic rings. The first kappa shape index (κ1) is 24.0. The zero-order chi connectivity index (χ0) is 25.2. The maximum absolute atomic E-state index is 13.6. The van der Waals surface area contributed by atoms with Crippen LogP contribution in [0.15, 0.2) is 77.8 Å². The van der Waals surface area contributed by atoms with E-state index in [1.54, 1.807) is 18.2 Å². The van der Waals surface area contributed by atoms with E-state index in [1.165, 1.54) is 57.7 Å². The van der Waals surface area contributed by atoms with Gasteiger partial charge in [-0.1, -0.05) is 18.2 Å². The van der Waals surface area contributed by atoms with Crippen LogP contribution in [0.25, 0.3) is 11.4 Å². The lowest BCUT2D eigenvalue weighted by atomic mass is 10.1. The van der Waals surface area contributed by atoms with E-state index in [0.717, 1.165) is 22.3 Å². The van der Waals surface area contributed by atoms with Crippen LogP contribution < -0.4 is 14.2 Å². The molecule has 0 aliphatic heterocycles. The molecule has 0 unspecified atom stereocenters. The lowest BCUT2D eigenvalue weighted by Crippen LogP contribution is -2.13. The van der Waals surface area contributed by atoms with Gasteiger partial charge in [0, 0.05) is 11.1 Å². The number of methoxy groups -OCH3 is 3. The van der Waals surface area contributed by atoms with E-state index in [4.69, 9.17) is 14.2 Å². The molecule has 4 rings (SSSR count). The summed E-state index contributed by atoms with van der Waals surface area (Å²) in [5.41, 5.74) is 0.321. The molecule has 0 spiro atoms. The fourth-order valence-electron chi connectivity index (χ4n) is 3.51. The van der Waals surface area contributed by atoms with Crippen LogP contribution in [-0.4, -0.2) is 44.5 Å². The molecular weight excluding hydrogens is 475 g/mol. The van der Waals surface area contributed by atoms with Crippen LogP contribution >= 0.6 is 0 Å². The Balaban J connectivity index is 1.96. The van der Waals surface area contributed by atoms with E-state index in [-0.39, 0.29) is 33.5 Å². The number of ether oxygens (including phenoxy) is 3. The fraction of sp³-hybridized carbons (Fsp3) is 0.120. The van der Waals surface area contributed by atoms with Crippen molar-refractivity contribution in [3.8, 4) is 28.6 Å². The third kappa shape index (κ3) is 4.47. The summed E-state index contributed by atoms with van der Waals surface area (Å²) in [7, 11) is 0.156. The normalized spacial score (nSPS) is 11.2. The molecule has 1 heterocycles. The van der Waals surface area contributed by atoms with Gasteiger partial charge in [-0.25, -0.2) is 21.8 Å². The van der Waals surface area contributed by atoms with Gasteiger partial charge in [-0.05, 0) is 48.5 Å². The maximum atomic E-state index is 13.6. The first-order chi connectivity index (χ1) is 16.8. The average Bonchev–Trinajstić information content (AvgIpc) is 3.35.